The topological polar surface area (TPSA) is 76.5 Å². The third kappa shape index (κ3) is 6.39. The number of aromatic nitrogens is 2. The minimum atomic E-state index is -4.68. The van der Waals surface area contributed by atoms with Gasteiger partial charge in [-0.05, 0) is 56.3 Å². The van der Waals surface area contributed by atoms with Crippen molar-refractivity contribution < 1.29 is 22.7 Å². The lowest BCUT2D eigenvalue weighted by Crippen LogP contribution is -2.47. The zero-order chi connectivity index (χ0) is 30.9. The largest absolute Gasteiger partial charge is 0.495 e. The second-order valence-electron chi connectivity index (χ2n) is 10.2. The molecule has 1 saturated heterocycles. The Morgan fingerprint density at radius 3 is 2.42 bits per heavy atom. The van der Waals surface area contributed by atoms with Crippen molar-refractivity contribution in [3.8, 4) is 33.3 Å². The molecular weight excluding hydrogens is 601 g/mol. The van der Waals surface area contributed by atoms with E-state index in [1.165, 1.54) is 30.6 Å². The molecule has 43 heavy (non-hydrogen) atoms. The van der Waals surface area contributed by atoms with Crippen molar-refractivity contribution in [1.82, 2.24) is 19.8 Å². The lowest BCUT2D eigenvalue weighted by atomic mass is 10.0. The minimum Gasteiger partial charge on any atom is -0.495 e. The molecule has 1 N–H and O–H groups in total. The molecule has 1 aliphatic heterocycles. The Balaban J connectivity index is 1.82. The summed E-state index contributed by atoms with van der Waals surface area (Å²) in [5.41, 5.74) is 0.754. The van der Waals surface area contributed by atoms with E-state index in [1.54, 1.807) is 54.5 Å². The first kappa shape index (κ1) is 30.5. The van der Waals surface area contributed by atoms with Crippen molar-refractivity contribution in [2.45, 2.75) is 20.0 Å². The van der Waals surface area contributed by atoms with Crippen LogP contribution in [0.15, 0.2) is 64.3 Å². The first-order valence-electron chi connectivity index (χ1n) is 13.4. The van der Waals surface area contributed by atoms with Crippen LogP contribution in [0.5, 0.6) is 5.75 Å². The highest BCUT2D eigenvalue weighted by molar-refractivity contribution is 7.13. The summed E-state index contributed by atoms with van der Waals surface area (Å²) in [6.07, 6.45) is -3.05. The molecule has 1 amide bonds. The van der Waals surface area contributed by atoms with Crippen LogP contribution in [-0.4, -0.2) is 53.6 Å². The van der Waals surface area contributed by atoms with Gasteiger partial charge in [0.1, 0.15) is 10.8 Å². The van der Waals surface area contributed by atoms with E-state index in [9.17, 15) is 22.8 Å². The molecule has 1 aliphatic rings. The molecule has 0 aliphatic carbocycles. The predicted molar refractivity (Wildman–Crippen MR) is 163 cm³/mol. The predicted octanol–water partition coefficient (Wildman–Crippen LogP) is 6.78. The van der Waals surface area contributed by atoms with E-state index in [4.69, 9.17) is 16.3 Å². The number of alkyl halides is 3. The number of hydrogen-bond donors (Lipinski definition) is 1. The zero-order valence-corrected chi connectivity index (χ0v) is 25.2. The molecule has 0 atom stereocenters. The van der Waals surface area contributed by atoms with E-state index in [2.05, 4.69) is 10.3 Å². The third-order valence-electron chi connectivity index (χ3n) is 6.92. The standard InChI is InChI=1S/C31H28ClF3N4O3S/c1-18(2)14-25-22(29(40)38-12-10-36-11-13-38)16-23(28-37-24(17-43-28)19-4-7-21(32)8-5-19)30(41)39(25)26-15-20(31(33,34)35)6-9-27(26)42-3/h4-9,14-17,36H,10-13H2,1-3H3. The molecule has 224 valence electrons. The molecule has 0 bridgehead atoms. The average Bonchev–Trinajstić information content (AvgIpc) is 3.47. The number of nitrogens with one attached hydrogen (secondary N) is 1. The van der Waals surface area contributed by atoms with Gasteiger partial charge in [0, 0.05) is 42.1 Å². The molecule has 0 radical (unpaired) electrons. The number of methoxy groups -OCH3 is 1. The summed E-state index contributed by atoms with van der Waals surface area (Å²) < 4.78 is 48.2. The molecular formula is C31H28ClF3N4O3S. The van der Waals surface area contributed by atoms with E-state index in [0.29, 0.717) is 41.9 Å². The molecule has 5 rings (SSSR count). The van der Waals surface area contributed by atoms with Gasteiger partial charge in [-0.2, -0.15) is 13.2 Å². The number of hydrogen-bond acceptors (Lipinski definition) is 6. The number of rotatable bonds is 6. The molecule has 7 nitrogen and oxygen atoms in total. The van der Waals surface area contributed by atoms with Crippen LogP contribution in [0.2, 0.25) is 5.02 Å². The Kier molecular flexibility index (Phi) is 8.77. The number of ether oxygens (including phenoxy) is 1. The summed E-state index contributed by atoms with van der Waals surface area (Å²) in [5, 5.41) is 5.85. The van der Waals surface area contributed by atoms with Gasteiger partial charge in [-0.1, -0.05) is 29.3 Å². The maximum atomic E-state index is 14.4. The summed E-state index contributed by atoms with van der Waals surface area (Å²) in [7, 11) is 1.31. The van der Waals surface area contributed by atoms with Crippen LogP contribution in [0.4, 0.5) is 13.2 Å². The quantitative estimate of drug-likeness (QED) is 0.255. The number of carbonyl (C=O) groups excluding carboxylic acids is 1. The number of amides is 1. The van der Waals surface area contributed by atoms with Gasteiger partial charge in [-0.25, -0.2) is 4.98 Å². The number of thiazole rings is 1. The van der Waals surface area contributed by atoms with Crippen molar-refractivity contribution in [3.63, 3.8) is 0 Å². The number of halogens is 4. The van der Waals surface area contributed by atoms with Gasteiger partial charge in [0.15, 0.2) is 0 Å². The van der Waals surface area contributed by atoms with Crippen molar-refractivity contribution in [2.24, 2.45) is 0 Å². The summed E-state index contributed by atoms with van der Waals surface area (Å²) in [5.74, 6) is -0.304. The second-order valence-corrected chi connectivity index (χ2v) is 11.5. The van der Waals surface area contributed by atoms with Gasteiger partial charge in [0.25, 0.3) is 11.5 Å². The maximum Gasteiger partial charge on any atom is 0.416 e. The van der Waals surface area contributed by atoms with Crippen molar-refractivity contribution >= 4 is 34.9 Å². The van der Waals surface area contributed by atoms with Gasteiger partial charge >= 0.3 is 6.18 Å². The molecule has 3 heterocycles. The molecule has 2 aromatic heterocycles. The fourth-order valence-corrected chi connectivity index (χ4v) is 5.80. The van der Waals surface area contributed by atoms with Crippen molar-refractivity contribution in [3.05, 3.63) is 91.7 Å². The monoisotopic (exact) mass is 628 g/mol. The Morgan fingerprint density at radius 1 is 1.09 bits per heavy atom. The van der Waals surface area contributed by atoms with Gasteiger partial charge in [0.05, 0.1) is 40.9 Å². The van der Waals surface area contributed by atoms with Crippen molar-refractivity contribution in [1.29, 1.82) is 0 Å². The van der Waals surface area contributed by atoms with Crippen LogP contribution in [0.3, 0.4) is 0 Å². The third-order valence-corrected chi connectivity index (χ3v) is 8.05. The van der Waals surface area contributed by atoms with E-state index in [1.807, 2.05) is 0 Å². The lowest BCUT2D eigenvalue weighted by Gasteiger charge is -2.29. The van der Waals surface area contributed by atoms with Gasteiger partial charge in [-0.3, -0.25) is 14.2 Å². The Bertz CT molecular complexity index is 1750. The normalized spacial score (nSPS) is 13.6. The number of allylic oxidation sites excluding steroid dienone is 1. The number of carbonyl (C=O) groups is 1. The van der Waals surface area contributed by atoms with E-state index >= 15 is 0 Å². The molecule has 2 aromatic carbocycles. The molecule has 1 fully saturated rings. The Morgan fingerprint density at radius 2 is 1.79 bits per heavy atom. The van der Waals surface area contributed by atoms with Crippen LogP contribution in [-0.2, 0) is 6.18 Å². The van der Waals surface area contributed by atoms with Crippen molar-refractivity contribution in [2.75, 3.05) is 33.3 Å². The van der Waals surface area contributed by atoms with Crippen LogP contribution in [0, 0.1) is 0 Å². The molecule has 12 heteroatoms. The van der Waals surface area contributed by atoms with Gasteiger partial charge < -0.3 is 15.0 Å². The fourth-order valence-electron chi connectivity index (χ4n) is 4.84. The zero-order valence-electron chi connectivity index (χ0n) is 23.6. The summed E-state index contributed by atoms with van der Waals surface area (Å²) >= 11 is 7.23. The second kappa shape index (κ2) is 12.4. The van der Waals surface area contributed by atoms with E-state index in [-0.39, 0.29) is 34.2 Å². The summed E-state index contributed by atoms with van der Waals surface area (Å²) in [6.45, 7) is 5.62. The molecule has 0 saturated carbocycles. The molecule has 4 aromatic rings. The fraction of sp³-hybridized carbons (Fsp3) is 0.258. The van der Waals surface area contributed by atoms with Crippen LogP contribution < -0.4 is 15.6 Å². The summed E-state index contributed by atoms with van der Waals surface area (Å²) in [6, 6.07) is 11.5. The first-order chi connectivity index (χ1) is 20.5. The number of piperazine rings is 1. The van der Waals surface area contributed by atoms with Crippen LogP contribution >= 0.6 is 22.9 Å². The average molecular weight is 629 g/mol. The first-order valence-corrected chi connectivity index (χ1v) is 14.7. The highest BCUT2D eigenvalue weighted by Gasteiger charge is 2.33. The molecule has 0 spiro atoms. The van der Waals surface area contributed by atoms with Gasteiger partial charge in [-0.15, -0.1) is 11.3 Å². The highest BCUT2D eigenvalue weighted by atomic mass is 35.5. The smallest absolute Gasteiger partial charge is 0.416 e. The van der Waals surface area contributed by atoms with Gasteiger partial charge in [0.2, 0.25) is 0 Å². The summed E-state index contributed by atoms with van der Waals surface area (Å²) in [4.78, 5) is 34.7. The highest BCUT2D eigenvalue weighted by Crippen LogP contribution is 2.36. The lowest BCUT2D eigenvalue weighted by molar-refractivity contribution is -0.137. The van der Waals surface area contributed by atoms with Crippen LogP contribution in [0.1, 0.15) is 35.5 Å². The SMILES string of the molecule is COc1ccc(C(F)(F)F)cc1-n1c(C=C(C)C)c(C(=O)N2CCNCC2)cc(-c2nc(-c3ccc(Cl)cc3)cs2)c1=O. The number of pyridine rings is 1. The maximum absolute atomic E-state index is 14.4. The molecule has 0 unspecified atom stereocenters. The number of nitrogens with zero attached hydrogens (tertiary/aromatic N) is 3. The van der Waals surface area contributed by atoms with Crippen LogP contribution in [0.25, 0.3) is 33.6 Å². The minimum absolute atomic E-state index is 0.0391. The van der Waals surface area contributed by atoms with E-state index < -0.39 is 17.3 Å². The van der Waals surface area contributed by atoms with E-state index in [0.717, 1.165) is 27.8 Å². The Hall–Kier alpha value is -3.93. The number of benzene rings is 2. The Labute approximate surface area is 255 Å².